The summed E-state index contributed by atoms with van der Waals surface area (Å²) in [4.78, 5) is 10.7. The van der Waals surface area contributed by atoms with Gasteiger partial charge in [0.1, 0.15) is 5.57 Å². The van der Waals surface area contributed by atoms with E-state index in [-0.39, 0.29) is 0 Å². The van der Waals surface area contributed by atoms with E-state index in [1.807, 2.05) is 6.58 Å². The Kier molecular flexibility index (Phi) is 5.58. The number of carbonyl (C=O) groups is 1. The van der Waals surface area contributed by atoms with Gasteiger partial charge in [0.15, 0.2) is 0 Å². The van der Waals surface area contributed by atoms with Crippen LogP contribution in [0, 0.1) is 0 Å². The average molecular weight is 400 g/mol. The smallest absolute Gasteiger partial charge is 0.385 e. The van der Waals surface area contributed by atoms with Gasteiger partial charge < -0.3 is 4.74 Å². The minimum atomic E-state index is -7.73. The van der Waals surface area contributed by atoms with Crippen molar-refractivity contribution >= 4 is 5.97 Å². The van der Waals surface area contributed by atoms with Gasteiger partial charge in [0.25, 0.3) is 0 Å². The fraction of sp³-hybridized carbons (Fsp3) is 0.727. The first-order valence-corrected chi connectivity index (χ1v) is 5.69. The number of carbonyl (C=O) groups excluding carboxylic acids is 1. The van der Waals surface area contributed by atoms with E-state index >= 15 is 0 Å². The molecule has 0 saturated carbocycles. The molecule has 0 spiro atoms. The van der Waals surface area contributed by atoms with Gasteiger partial charge in [-0.2, -0.15) is 52.7 Å². The Morgan fingerprint density at radius 1 is 0.720 bits per heavy atom. The standard InChI is InChI=1S/C11H8F12O2/c1-4(5(24)25-3)7(14,15)9(18,19)11(22,23)10(20,21)8(16,17)6(2,12)13/h1H2,2-3H3. The third-order valence-electron chi connectivity index (χ3n) is 2.94. The summed E-state index contributed by atoms with van der Waals surface area (Å²) < 4.78 is 160. The molecule has 148 valence electrons. The van der Waals surface area contributed by atoms with Crippen LogP contribution in [-0.4, -0.2) is 48.6 Å². The zero-order valence-corrected chi connectivity index (χ0v) is 12.1. The molecule has 0 rings (SSSR count). The number of methoxy groups -OCH3 is 1. The molecule has 0 radical (unpaired) electrons. The third kappa shape index (κ3) is 3.03. The van der Waals surface area contributed by atoms with E-state index in [1.165, 1.54) is 0 Å². The Morgan fingerprint density at radius 3 is 1.32 bits per heavy atom. The molecule has 2 nitrogen and oxygen atoms in total. The predicted octanol–water partition coefficient (Wildman–Crippen LogP) is 4.55. The second kappa shape index (κ2) is 5.97. The lowest BCUT2D eigenvalue weighted by Gasteiger charge is -2.40. The fourth-order valence-corrected chi connectivity index (χ4v) is 1.31. The Hall–Kier alpha value is -1.63. The quantitative estimate of drug-likeness (QED) is 0.356. The van der Waals surface area contributed by atoms with Crippen molar-refractivity contribution in [1.82, 2.24) is 0 Å². The minimum Gasteiger partial charge on any atom is -0.466 e. The van der Waals surface area contributed by atoms with Crippen LogP contribution in [0.2, 0.25) is 0 Å². The van der Waals surface area contributed by atoms with Gasteiger partial charge in [0, 0.05) is 6.92 Å². The Morgan fingerprint density at radius 2 is 1.04 bits per heavy atom. The van der Waals surface area contributed by atoms with Crippen LogP contribution in [0.5, 0.6) is 0 Å². The van der Waals surface area contributed by atoms with Gasteiger partial charge in [-0.05, 0) is 0 Å². The van der Waals surface area contributed by atoms with Crippen LogP contribution >= 0.6 is 0 Å². The summed E-state index contributed by atoms with van der Waals surface area (Å²) in [6, 6.07) is 0. The minimum absolute atomic E-state index is 0.292. The van der Waals surface area contributed by atoms with Gasteiger partial charge in [-0.1, -0.05) is 6.58 Å². The second-order valence-electron chi connectivity index (χ2n) is 4.73. The number of rotatable bonds is 7. The van der Waals surface area contributed by atoms with Crippen molar-refractivity contribution in [3.05, 3.63) is 12.2 Å². The summed E-state index contributed by atoms with van der Waals surface area (Å²) in [5.74, 6) is -45.0. The lowest BCUT2D eigenvalue weighted by molar-refractivity contribution is -0.419. The molecule has 0 aromatic heterocycles. The molecule has 0 aliphatic carbocycles. The Bertz CT molecular complexity index is 546. The first kappa shape index (κ1) is 23.4. The van der Waals surface area contributed by atoms with Gasteiger partial charge in [-0.25, -0.2) is 4.79 Å². The van der Waals surface area contributed by atoms with Crippen molar-refractivity contribution in [1.29, 1.82) is 0 Å². The van der Waals surface area contributed by atoms with Crippen molar-refractivity contribution in [3.63, 3.8) is 0 Å². The molecule has 0 aliphatic rings. The Balaban J connectivity index is 6.39. The molecule has 0 atom stereocenters. The molecule has 0 bridgehead atoms. The summed E-state index contributed by atoms with van der Waals surface area (Å²) in [7, 11) is 0.292. The largest absolute Gasteiger partial charge is 0.466 e. The zero-order valence-electron chi connectivity index (χ0n) is 12.1. The van der Waals surface area contributed by atoms with E-state index in [9.17, 15) is 57.5 Å². The highest BCUT2D eigenvalue weighted by molar-refractivity contribution is 5.89. The third-order valence-corrected chi connectivity index (χ3v) is 2.94. The molecule has 14 heteroatoms. The Labute approximate surface area is 131 Å². The van der Waals surface area contributed by atoms with E-state index < -0.39 is 54.0 Å². The van der Waals surface area contributed by atoms with Gasteiger partial charge in [-0.3, -0.25) is 0 Å². The van der Waals surface area contributed by atoms with Gasteiger partial charge in [0.05, 0.1) is 7.11 Å². The molecule has 0 aromatic rings. The van der Waals surface area contributed by atoms with Crippen LogP contribution in [0.15, 0.2) is 12.2 Å². The SMILES string of the molecule is C=C(C(=O)OC)C(F)(F)C(F)(F)C(F)(F)C(F)(F)C(F)(F)C(C)(F)F. The highest BCUT2D eigenvalue weighted by atomic mass is 19.4. The van der Waals surface area contributed by atoms with Gasteiger partial charge in [-0.15, -0.1) is 0 Å². The summed E-state index contributed by atoms with van der Waals surface area (Å²) in [5.41, 5.74) is -2.79. The van der Waals surface area contributed by atoms with Crippen LogP contribution < -0.4 is 0 Å². The first-order chi connectivity index (χ1) is 10.6. The molecule has 0 aliphatic heterocycles. The topological polar surface area (TPSA) is 26.3 Å². The molecule has 0 saturated heterocycles. The van der Waals surface area contributed by atoms with E-state index in [4.69, 9.17) is 0 Å². The molecule has 25 heavy (non-hydrogen) atoms. The summed E-state index contributed by atoms with van der Waals surface area (Å²) in [6.07, 6.45) is 0. The lowest BCUT2D eigenvalue weighted by Crippen LogP contribution is -2.70. The van der Waals surface area contributed by atoms with E-state index in [2.05, 4.69) is 4.74 Å². The van der Waals surface area contributed by atoms with Crippen LogP contribution in [0.4, 0.5) is 52.7 Å². The summed E-state index contributed by atoms with van der Waals surface area (Å²) in [5, 5.41) is 0. The highest BCUT2D eigenvalue weighted by Crippen LogP contribution is 2.60. The van der Waals surface area contributed by atoms with Crippen molar-refractivity contribution in [3.8, 4) is 0 Å². The van der Waals surface area contributed by atoms with Crippen LogP contribution in [0.25, 0.3) is 0 Å². The van der Waals surface area contributed by atoms with Gasteiger partial charge >= 0.3 is 41.5 Å². The van der Waals surface area contributed by atoms with E-state index in [0.29, 0.717) is 7.11 Å². The van der Waals surface area contributed by atoms with E-state index in [0.717, 1.165) is 0 Å². The molecular weight excluding hydrogens is 392 g/mol. The molecule has 0 heterocycles. The highest BCUT2D eigenvalue weighted by Gasteiger charge is 2.89. The van der Waals surface area contributed by atoms with Crippen LogP contribution in [0.1, 0.15) is 6.92 Å². The van der Waals surface area contributed by atoms with Crippen molar-refractivity contribution in [2.75, 3.05) is 7.11 Å². The molecule has 0 aromatic carbocycles. The number of hydrogen-bond donors (Lipinski definition) is 0. The number of ether oxygens (including phenoxy) is 1. The number of hydrogen-bond acceptors (Lipinski definition) is 2. The number of halogens is 12. The predicted molar refractivity (Wildman–Crippen MR) is 56.5 cm³/mol. The molecule has 0 unspecified atom stereocenters. The molecule has 0 fully saturated rings. The monoisotopic (exact) mass is 400 g/mol. The van der Waals surface area contributed by atoms with Gasteiger partial charge in [0.2, 0.25) is 0 Å². The normalized spacial score (nSPS) is 15.1. The maximum atomic E-state index is 13.3. The fourth-order valence-electron chi connectivity index (χ4n) is 1.31. The average Bonchev–Trinajstić information content (AvgIpc) is 2.43. The summed E-state index contributed by atoms with van der Waals surface area (Å²) >= 11 is 0. The number of esters is 1. The lowest BCUT2D eigenvalue weighted by atomic mass is 9.89. The van der Waals surface area contributed by atoms with E-state index in [1.54, 1.807) is 0 Å². The molecule has 0 amide bonds. The van der Waals surface area contributed by atoms with Crippen molar-refractivity contribution in [2.45, 2.75) is 42.5 Å². The second-order valence-corrected chi connectivity index (χ2v) is 4.73. The zero-order chi connectivity index (χ0) is 20.9. The maximum Gasteiger partial charge on any atom is 0.385 e. The van der Waals surface area contributed by atoms with Crippen molar-refractivity contribution in [2.24, 2.45) is 0 Å². The molecule has 0 N–H and O–H groups in total. The van der Waals surface area contributed by atoms with Crippen LogP contribution in [-0.2, 0) is 9.53 Å². The maximum absolute atomic E-state index is 13.3. The number of alkyl halides is 12. The van der Waals surface area contributed by atoms with Crippen LogP contribution in [0.3, 0.4) is 0 Å². The summed E-state index contributed by atoms with van der Waals surface area (Å²) in [6.45, 7) is 0.938. The van der Waals surface area contributed by atoms with Crippen molar-refractivity contribution < 1.29 is 62.2 Å². The first-order valence-electron chi connectivity index (χ1n) is 5.69. The molecular formula is C11H8F12O2.